The third-order valence-electron chi connectivity index (χ3n) is 3.56. The molecule has 2 heterocycles. The van der Waals surface area contributed by atoms with Crippen molar-refractivity contribution in [3.8, 4) is 0 Å². The Labute approximate surface area is 132 Å². The van der Waals surface area contributed by atoms with Crippen LogP contribution in [-0.4, -0.2) is 38.6 Å². The third-order valence-corrected chi connectivity index (χ3v) is 3.56. The number of carbonyl (C=O) groups is 2. The maximum Gasteiger partial charge on any atom is 0.325 e. The zero-order chi connectivity index (χ0) is 16.2. The molecule has 2 N–H and O–H groups in total. The van der Waals surface area contributed by atoms with Gasteiger partial charge in [0.2, 0.25) is 0 Å². The molecule has 0 saturated heterocycles. The molecule has 0 bridgehead atoms. The van der Waals surface area contributed by atoms with Crippen LogP contribution >= 0.6 is 0 Å². The maximum absolute atomic E-state index is 12.3. The molecule has 1 unspecified atom stereocenters. The number of carboxylic acids is 1. The summed E-state index contributed by atoms with van der Waals surface area (Å²) in [6.07, 6.45) is 1.65. The summed E-state index contributed by atoms with van der Waals surface area (Å²) >= 11 is 0. The zero-order valence-electron chi connectivity index (χ0n) is 12.3. The van der Waals surface area contributed by atoms with Gasteiger partial charge in [0, 0.05) is 0 Å². The topological polar surface area (TPSA) is 106 Å². The van der Waals surface area contributed by atoms with Crippen LogP contribution < -0.4 is 5.32 Å². The summed E-state index contributed by atoms with van der Waals surface area (Å²) in [7, 11) is 0. The Morgan fingerprint density at radius 2 is 2.22 bits per heavy atom. The molecule has 0 fully saturated rings. The van der Waals surface area contributed by atoms with E-state index in [2.05, 4.69) is 15.6 Å². The van der Waals surface area contributed by atoms with Gasteiger partial charge in [-0.15, -0.1) is 5.10 Å². The number of aromatic nitrogens is 3. The lowest BCUT2D eigenvalue weighted by Crippen LogP contribution is -2.33. The summed E-state index contributed by atoms with van der Waals surface area (Å²) in [6.45, 7) is 0.407. The number of rotatable bonds is 5. The van der Waals surface area contributed by atoms with E-state index in [1.165, 1.54) is 10.9 Å². The van der Waals surface area contributed by atoms with Crippen LogP contribution in [0, 0.1) is 0 Å². The van der Waals surface area contributed by atoms with Gasteiger partial charge in [0.05, 0.1) is 19.3 Å². The molecule has 2 aromatic rings. The van der Waals surface area contributed by atoms with Gasteiger partial charge in [0.25, 0.3) is 5.91 Å². The van der Waals surface area contributed by atoms with E-state index in [0.29, 0.717) is 12.3 Å². The molecule has 8 nitrogen and oxygen atoms in total. The highest BCUT2D eigenvalue weighted by Gasteiger charge is 2.26. The predicted octanol–water partition coefficient (Wildman–Crippen LogP) is 0.293. The number of carboxylic acid groups (broad SMARTS) is 1. The Balaban J connectivity index is 1.62. The molecule has 8 heteroatoms. The van der Waals surface area contributed by atoms with Gasteiger partial charge < -0.3 is 15.2 Å². The second-order valence-corrected chi connectivity index (χ2v) is 5.22. The van der Waals surface area contributed by atoms with E-state index in [1.54, 1.807) is 0 Å². The summed E-state index contributed by atoms with van der Waals surface area (Å²) in [6, 6.07) is 7.71. The predicted molar refractivity (Wildman–Crippen MR) is 78.3 cm³/mol. The Bertz CT molecular complexity index is 728. The summed E-state index contributed by atoms with van der Waals surface area (Å²) in [5.41, 5.74) is 2.49. The van der Waals surface area contributed by atoms with E-state index < -0.39 is 12.1 Å². The third kappa shape index (κ3) is 3.54. The number of carbonyl (C=O) groups excluding carboxylic acids is 1. The van der Waals surface area contributed by atoms with Crippen LogP contribution in [-0.2, 0) is 33.8 Å². The maximum atomic E-state index is 12.3. The Morgan fingerprint density at radius 3 is 3.04 bits per heavy atom. The first kappa shape index (κ1) is 15.2. The number of fused-ring (bicyclic) bond motifs is 1. The molecule has 1 aromatic carbocycles. The van der Waals surface area contributed by atoms with Gasteiger partial charge in [0.1, 0.15) is 12.2 Å². The number of nitrogens with one attached hydrogen (secondary N) is 1. The average Bonchev–Trinajstić information content (AvgIpc) is 2.98. The molecule has 0 saturated carbocycles. The van der Waals surface area contributed by atoms with Crippen molar-refractivity contribution in [3.63, 3.8) is 0 Å². The van der Waals surface area contributed by atoms with Crippen LogP contribution in [0.4, 0.5) is 0 Å². The quantitative estimate of drug-likeness (QED) is 0.821. The van der Waals surface area contributed by atoms with E-state index in [0.717, 1.165) is 17.5 Å². The van der Waals surface area contributed by atoms with E-state index in [4.69, 9.17) is 9.84 Å². The van der Waals surface area contributed by atoms with Crippen molar-refractivity contribution in [1.29, 1.82) is 0 Å². The molecule has 0 spiro atoms. The van der Waals surface area contributed by atoms with Gasteiger partial charge in [-0.2, -0.15) is 0 Å². The highest BCUT2D eigenvalue weighted by atomic mass is 16.5. The van der Waals surface area contributed by atoms with Crippen molar-refractivity contribution in [2.24, 2.45) is 0 Å². The fourth-order valence-electron chi connectivity index (χ4n) is 2.52. The highest BCUT2D eigenvalue weighted by molar-refractivity contribution is 5.82. The molecule has 3 rings (SSSR count). The highest BCUT2D eigenvalue weighted by Crippen LogP contribution is 2.26. The first-order valence-corrected chi connectivity index (χ1v) is 7.21. The molecule has 23 heavy (non-hydrogen) atoms. The molecule has 120 valence electrons. The summed E-state index contributed by atoms with van der Waals surface area (Å²) in [5.74, 6) is -1.25. The van der Waals surface area contributed by atoms with Gasteiger partial charge in [-0.3, -0.25) is 9.59 Å². The van der Waals surface area contributed by atoms with Crippen molar-refractivity contribution in [1.82, 2.24) is 20.3 Å². The second-order valence-electron chi connectivity index (χ2n) is 5.22. The molecule has 1 atom stereocenters. The van der Waals surface area contributed by atoms with E-state index in [1.807, 2.05) is 24.3 Å². The number of aliphatic carboxylic acids is 1. The number of amides is 1. The fourth-order valence-corrected chi connectivity index (χ4v) is 2.52. The molecule has 1 aromatic heterocycles. The lowest BCUT2D eigenvalue weighted by atomic mass is 9.97. The smallest absolute Gasteiger partial charge is 0.325 e. The Hall–Kier alpha value is -2.74. The fraction of sp³-hybridized carbons (Fsp3) is 0.333. The van der Waals surface area contributed by atoms with Crippen molar-refractivity contribution in [2.45, 2.75) is 25.6 Å². The zero-order valence-corrected chi connectivity index (χ0v) is 12.3. The number of hydrogen-bond donors (Lipinski definition) is 2. The molecule has 1 aliphatic rings. The normalized spacial score (nSPS) is 16.6. The molecular weight excluding hydrogens is 300 g/mol. The SMILES string of the molecule is O=C(O)Cn1cc(CNC(=O)C2OCCc3ccccc32)nn1. The number of nitrogens with zero attached hydrogens (tertiary/aromatic N) is 3. The molecule has 1 aliphatic heterocycles. The monoisotopic (exact) mass is 316 g/mol. The summed E-state index contributed by atoms with van der Waals surface area (Å²) < 4.78 is 6.79. The van der Waals surface area contributed by atoms with Crippen molar-refractivity contribution in [3.05, 3.63) is 47.3 Å². The Kier molecular flexibility index (Phi) is 4.33. The standard InChI is InChI=1S/C15H16N4O4/c20-13(21)9-19-8-11(17-18-19)7-16-15(22)14-12-4-2-1-3-10(12)5-6-23-14/h1-4,8,14H,5-7,9H2,(H,16,22)(H,20,21). The van der Waals surface area contributed by atoms with Gasteiger partial charge >= 0.3 is 5.97 Å². The minimum Gasteiger partial charge on any atom is -0.480 e. The van der Waals surface area contributed by atoms with Crippen LogP contribution in [0.2, 0.25) is 0 Å². The van der Waals surface area contributed by atoms with Gasteiger partial charge in [-0.25, -0.2) is 4.68 Å². The first-order chi connectivity index (χ1) is 11.1. The first-order valence-electron chi connectivity index (χ1n) is 7.21. The average molecular weight is 316 g/mol. The minimum absolute atomic E-state index is 0.167. The van der Waals surface area contributed by atoms with Crippen molar-refractivity contribution >= 4 is 11.9 Å². The lowest BCUT2D eigenvalue weighted by Gasteiger charge is -2.25. The van der Waals surface area contributed by atoms with Crippen LogP contribution in [0.1, 0.15) is 22.9 Å². The summed E-state index contributed by atoms with van der Waals surface area (Å²) in [5, 5.41) is 18.9. The molecular formula is C15H16N4O4. The number of ether oxygens (including phenoxy) is 1. The minimum atomic E-state index is -1.00. The van der Waals surface area contributed by atoms with Crippen LogP contribution in [0.5, 0.6) is 0 Å². The van der Waals surface area contributed by atoms with Gasteiger partial charge in [-0.1, -0.05) is 29.5 Å². The van der Waals surface area contributed by atoms with E-state index in [9.17, 15) is 9.59 Å². The van der Waals surface area contributed by atoms with Crippen LogP contribution in [0.15, 0.2) is 30.5 Å². The molecule has 1 amide bonds. The number of benzene rings is 1. The van der Waals surface area contributed by atoms with Crippen molar-refractivity contribution in [2.75, 3.05) is 6.61 Å². The second kappa shape index (κ2) is 6.57. The van der Waals surface area contributed by atoms with Crippen molar-refractivity contribution < 1.29 is 19.4 Å². The lowest BCUT2D eigenvalue weighted by molar-refractivity contribution is -0.138. The van der Waals surface area contributed by atoms with Crippen LogP contribution in [0.25, 0.3) is 0 Å². The Morgan fingerprint density at radius 1 is 1.39 bits per heavy atom. The largest absolute Gasteiger partial charge is 0.480 e. The van der Waals surface area contributed by atoms with Gasteiger partial charge in [0.15, 0.2) is 6.10 Å². The molecule has 0 radical (unpaired) electrons. The molecule has 0 aliphatic carbocycles. The van der Waals surface area contributed by atoms with E-state index >= 15 is 0 Å². The number of hydrogen-bond acceptors (Lipinski definition) is 5. The van der Waals surface area contributed by atoms with Crippen LogP contribution in [0.3, 0.4) is 0 Å². The van der Waals surface area contributed by atoms with Gasteiger partial charge in [-0.05, 0) is 17.5 Å². The summed E-state index contributed by atoms with van der Waals surface area (Å²) in [4.78, 5) is 22.9. The van der Waals surface area contributed by atoms with E-state index in [-0.39, 0.29) is 19.0 Å².